The number of amides is 1. The van der Waals surface area contributed by atoms with E-state index in [0.717, 1.165) is 18.4 Å². The van der Waals surface area contributed by atoms with Gasteiger partial charge in [0.1, 0.15) is 5.82 Å². The summed E-state index contributed by atoms with van der Waals surface area (Å²) in [5.74, 6) is -0.861. The van der Waals surface area contributed by atoms with Crippen LogP contribution in [0.4, 0.5) is 4.39 Å². The van der Waals surface area contributed by atoms with Gasteiger partial charge in [0, 0.05) is 6.54 Å². The molecule has 86 valence electrons. The SMILES string of the molecule is Cc1ccc(F)c(C(=O)NC2(CN)CC2)c1. The van der Waals surface area contributed by atoms with Gasteiger partial charge < -0.3 is 11.1 Å². The minimum Gasteiger partial charge on any atom is -0.345 e. The fourth-order valence-electron chi connectivity index (χ4n) is 1.65. The Morgan fingerprint density at radius 3 is 2.81 bits per heavy atom. The maximum absolute atomic E-state index is 13.4. The molecule has 0 atom stereocenters. The molecule has 0 bridgehead atoms. The molecule has 1 fully saturated rings. The first-order valence-electron chi connectivity index (χ1n) is 5.35. The van der Waals surface area contributed by atoms with E-state index in [4.69, 9.17) is 5.73 Å². The van der Waals surface area contributed by atoms with Crippen molar-refractivity contribution in [1.82, 2.24) is 5.32 Å². The van der Waals surface area contributed by atoms with Crippen LogP contribution in [0.2, 0.25) is 0 Å². The third-order valence-corrected chi connectivity index (χ3v) is 2.99. The van der Waals surface area contributed by atoms with E-state index < -0.39 is 5.82 Å². The van der Waals surface area contributed by atoms with E-state index >= 15 is 0 Å². The third kappa shape index (κ3) is 2.07. The molecule has 0 aliphatic heterocycles. The van der Waals surface area contributed by atoms with Gasteiger partial charge in [-0.2, -0.15) is 0 Å². The summed E-state index contributed by atoms with van der Waals surface area (Å²) >= 11 is 0. The number of hydrogen-bond acceptors (Lipinski definition) is 2. The van der Waals surface area contributed by atoms with Gasteiger partial charge in [0.2, 0.25) is 0 Å². The van der Waals surface area contributed by atoms with E-state index in [1.165, 1.54) is 6.07 Å². The van der Waals surface area contributed by atoms with Crippen molar-refractivity contribution >= 4 is 5.91 Å². The van der Waals surface area contributed by atoms with Crippen molar-refractivity contribution in [2.75, 3.05) is 6.54 Å². The highest BCUT2D eigenvalue weighted by molar-refractivity contribution is 5.95. The van der Waals surface area contributed by atoms with Crippen molar-refractivity contribution in [3.8, 4) is 0 Å². The molecule has 0 saturated heterocycles. The van der Waals surface area contributed by atoms with E-state index in [0.29, 0.717) is 6.54 Å². The maximum atomic E-state index is 13.4. The number of hydrogen-bond donors (Lipinski definition) is 2. The summed E-state index contributed by atoms with van der Waals surface area (Å²) in [5.41, 5.74) is 6.23. The van der Waals surface area contributed by atoms with Crippen LogP contribution in [0.5, 0.6) is 0 Å². The average Bonchev–Trinajstić information content (AvgIpc) is 3.02. The van der Waals surface area contributed by atoms with Crippen LogP contribution in [0.25, 0.3) is 0 Å². The molecular formula is C12H15FN2O. The fourth-order valence-corrected chi connectivity index (χ4v) is 1.65. The molecule has 0 unspecified atom stereocenters. The molecule has 1 aliphatic rings. The zero-order chi connectivity index (χ0) is 11.8. The second-order valence-corrected chi connectivity index (χ2v) is 4.42. The second-order valence-electron chi connectivity index (χ2n) is 4.42. The molecule has 0 spiro atoms. The molecule has 4 heteroatoms. The Kier molecular flexibility index (Phi) is 2.68. The lowest BCUT2D eigenvalue weighted by atomic mass is 10.1. The molecule has 3 N–H and O–H groups in total. The van der Waals surface area contributed by atoms with Crippen molar-refractivity contribution in [2.45, 2.75) is 25.3 Å². The highest BCUT2D eigenvalue weighted by Gasteiger charge is 2.42. The molecule has 2 rings (SSSR count). The van der Waals surface area contributed by atoms with Gasteiger partial charge in [-0.15, -0.1) is 0 Å². The van der Waals surface area contributed by atoms with Crippen molar-refractivity contribution in [3.05, 3.63) is 35.1 Å². The number of nitrogens with one attached hydrogen (secondary N) is 1. The molecule has 3 nitrogen and oxygen atoms in total. The molecule has 1 amide bonds. The fraction of sp³-hybridized carbons (Fsp3) is 0.417. The van der Waals surface area contributed by atoms with Crippen LogP contribution in [0.1, 0.15) is 28.8 Å². The van der Waals surface area contributed by atoms with Crippen molar-refractivity contribution in [1.29, 1.82) is 0 Å². The molecule has 0 aromatic heterocycles. The minimum absolute atomic E-state index is 0.0970. The Morgan fingerprint density at radius 2 is 2.25 bits per heavy atom. The van der Waals surface area contributed by atoms with E-state index in [9.17, 15) is 9.18 Å². The van der Waals surface area contributed by atoms with Gasteiger partial charge in [0.15, 0.2) is 0 Å². The zero-order valence-electron chi connectivity index (χ0n) is 9.22. The van der Waals surface area contributed by atoms with Crippen LogP contribution < -0.4 is 11.1 Å². The summed E-state index contributed by atoms with van der Waals surface area (Å²) in [6.07, 6.45) is 1.76. The average molecular weight is 222 g/mol. The maximum Gasteiger partial charge on any atom is 0.254 e. The Bertz CT molecular complexity index is 427. The lowest BCUT2D eigenvalue weighted by Gasteiger charge is -2.15. The van der Waals surface area contributed by atoms with Crippen LogP contribution in [0.3, 0.4) is 0 Å². The summed E-state index contributed by atoms with van der Waals surface area (Å²) in [6.45, 7) is 2.23. The predicted molar refractivity (Wildman–Crippen MR) is 59.6 cm³/mol. The third-order valence-electron chi connectivity index (χ3n) is 2.99. The van der Waals surface area contributed by atoms with Crippen LogP contribution >= 0.6 is 0 Å². The quantitative estimate of drug-likeness (QED) is 0.811. The molecule has 16 heavy (non-hydrogen) atoms. The van der Waals surface area contributed by atoms with Gasteiger partial charge in [-0.3, -0.25) is 4.79 Å². The predicted octanol–water partition coefficient (Wildman–Crippen LogP) is 1.36. The Labute approximate surface area is 93.8 Å². The minimum atomic E-state index is -0.490. The lowest BCUT2D eigenvalue weighted by Crippen LogP contribution is -2.42. The summed E-state index contributed by atoms with van der Waals surface area (Å²) in [6, 6.07) is 4.51. The first-order chi connectivity index (χ1) is 7.56. The number of carbonyl (C=O) groups is 1. The van der Waals surface area contributed by atoms with Crippen LogP contribution in [-0.2, 0) is 0 Å². The summed E-state index contributed by atoms with van der Waals surface area (Å²) in [4.78, 5) is 11.8. The smallest absolute Gasteiger partial charge is 0.254 e. The number of benzene rings is 1. The Balaban J connectivity index is 2.17. The van der Waals surface area contributed by atoms with Crippen molar-refractivity contribution < 1.29 is 9.18 Å². The van der Waals surface area contributed by atoms with E-state index in [1.807, 2.05) is 6.92 Å². The lowest BCUT2D eigenvalue weighted by molar-refractivity contribution is 0.0929. The molecule has 0 radical (unpaired) electrons. The number of rotatable bonds is 3. The van der Waals surface area contributed by atoms with E-state index in [1.54, 1.807) is 12.1 Å². The highest BCUT2D eigenvalue weighted by Crippen LogP contribution is 2.34. The van der Waals surface area contributed by atoms with E-state index in [2.05, 4.69) is 5.32 Å². The van der Waals surface area contributed by atoms with Gasteiger partial charge >= 0.3 is 0 Å². The Hall–Kier alpha value is -1.42. The first kappa shape index (κ1) is 11.1. The number of halogens is 1. The molecule has 1 aliphatic carbocycles. The summed E-state index contributed by atoms with van der Waals surface area (Å²) < 4.78 is 13.4. The first-order valence-corrected chi connectivity index (χ1v) is 5.35. The molecular weight excluding hydrogens is 207 g/mol. The van der Waals surface area contributed by atoms with Crippen LogP contribution in [0, 0.1) is 12.7 Å². The molecule has 0 heterocycles. The van der Waals surface area contributed by atoms with Gasteiger partial charge in [0.05, 0.1) is 11.1 Å². The highest BCUT2D eigenvalue weighted by atomic mass is 19.1. The molecule has 1 saturated carbocycles. The normalized spacial score (nSPS) is 16.9. The van der Waals surface area contributed by atoms with E-state index in [-0.39, 0.29) is 17.0 Å². The summed E-state index contributed by atoms with van der Waals surface area (Å²) in [5, 5.41) is 2.80. The second kappa shape index (κ2) is 3.87. The van der Waals surface area contributed by atoms with Crippen molar-refractivity contribution in [3.63, 3.8) is 0 Å². The van der Waals surface area contributed by atoms with Crippen molar-refractivity contribution in [2.24, 2.45) is 5.73 Å². The van der Waals surface area contributed by atoms with Crippen LogP contribution in [-0.4, -0.2) is 18.0 Å². The topological polar surface area (TPSA) is 55.1 Å². The summed E-state index contributed by atoms with van der Waals surface area (Å²) in [7, 11) is 0. The monoisotopic (exact) mass is 222 g/mol. The van der Waals surface area contributed by atoms with Gasteiger partial charge in [-0.25, -0.2) is 4.39 Å². The standard InChI is InChI=1S/C12H15FN2O/c1-8-2-3-10(13)9(6-8)11(16)15-12(7-14)4-5-12/h2-3,6H,4-5,7,14H2,1H3,(H,15,16). The van der Waals surface area contributed by atoms with Gasteiger partial charge in [-0.05, 0) is 31.9 Å². The number of nitrogens with two attached hydrogens (primary N) is 1. The Morgan fingerprint density at radius 1 is 1.56 bits per heavy atom. The zero-order valence-corrected chi connectivity index (χ0v) is 9.22. The largest absolute Gasteiger partial charge is 0.345 e. The van der Waals surface area contributed by atoms with Gasteiger partial charge in [-0.1, -0.05) is 11.6 Å². The molecule has 1 aromatic carbocycles. The van der Waals surface area contributed by atoms with Gasteiger partial charge in [0.25, 0.3) is 5.91 Å². The molecule has 1 aromatic rings. The van der Waals surface area contributed by atoms with Crippen LogP contribution in [0.15, 0.2) is 18.2 Å². The number of aryl methyl sites for hydroxylation is 1. The number of carbonyl (C=O) groups excluding carboxylic acids is 1.